The van der Waals surface area contributed by atoms with Crippen LogP contribution in [0.15, 0.2) is 17.3 Å². The van der Waals surface area contributed by atoms with Crippen LogP contribution in [0, 0.1) is 0 Å². The lowest BCUT2D eigenvalue weighted by Gasteiger charge is -1.99. The fourth-order valence-electron chi connectivity index (χ4n) is 0.532. The van der Waals surface area contributed by atoms with E-state index in [1.54, 1.807) is 0 Å². The Balaban J connectivity index is 2.89. The Morgan fingerprint density at radius 1 is 1.30 bits per heavy atom. The third-order valence-electron chi connectivity index (χ3n) is 0.927. The molecule has 0 aliphatic carbocycles. The van der Waals surface area contributed by atoms with Gasteiger partial charge in [0.05, 0.1) is 0 Å². The third-order valence-corrected chi connectivity index (χ3v) is 0.927. The lowest BCUT2D eigenvalue weighted by Crippen LogP contribution is -2.23. The number of amides is 2. The second kappa shape index (κ2) is 2.24. The van der Waals surface area contributed by atoms with Crippen LogP contribution in [0.2, 0.25) is 0 Å². The Morgan fingerprint density at radius 2 is 1.80 bits per heavy atom. The van der Waals surface area contributed by atoms with E-state index < -0.39 is 11.8 Å². The molecule has 0 spiro atoms. The number of nitrogens with zero attached hydrogens (tertiary/aromatic N) is 2. The molecule has 2 amide bonds. The van der Waals surface area contributed by atoms with Crippen LogP contribution in [-0.4, -0.2) is 22.9 Å². The van der Waals surface area contributed by atoms with Crippen LogP contribution >= 0.6 is 0 Å². The molecule has 0 fully saturated rings. The van der Waals surface area contributed by atoms with Crippen LogP contribution in [-0.2, 0) is 14.4 Å². The smallest absolute Gasteiger partial charge is 0.267 e. The van der Waals surface area contributed by atoms with Crippen molar-refractivity contribution in [3.8, 4) is 0 Å². The first-order valence-electron chi connectivity index (χ1n) is 2.39. The molecular formula is C5H2N2O3. The lowest BCUT2D eigenvalue weighted by molar-refractivity contribution is -0.136. The zero-order valence-corrected chi connectivity index (χ0v) is 4.77. The molecule has 0 bridgehead atoms. The molecule has 50 valence electrons. The summed E-state index contributed by atoms with van der Waals surface area (Å²) in [5.41, 5.74) is 0. The van der Waals surface area contributed by atoms with Crippen molar-refractivity contribution < 1.29 is 14.4 Å². The summed E-state index contributed by atoms with van der Waals surface area (Å²) >= 11 is 0. The third kappa shape index (κ3) is 0.852. The molecule has 0 N–H and O–H groups in total. The van der Waals surface area contributed by atoms with Crippen molar-refractivity contribution in [3.63, 3.8) is 0 Å². The van der Waals surface area contributed by atoms with Gasteiger partial charge in [-0.25, -0.2) is 4.79 Å². The van der Waals surface area contributed by atoms with Gasteiger partial charge in [-0.3, -0.25) is 9.59 Å². The summed E-state index contributed by atoms with van der Waals surface area (Å²) in [6.45, 7) is 0. The molecule has 0 aromatic carbocycles. The van der Waals surface area contributed by atoms with Gasteiger partial charge >= 0.3 is 0 Å². The average Bonchev–Trinajstić information content (AvgIpc) is 2.20. The second-order valence-electron chi connectivity index (χ2n) is 1.51. The molecule has 0 saturated carbocycles. The highest BCUT2D eigenvalue weighted by molar-refractivity contribution is 6.12. The summed E-state index contributed by atoms with van der Waals surface area (Å²) < 4.78 is 0. The maximum atomic E-state index is 10.5. The largest absolute Gasteiger partial charge is 0.275 e. The minimum absolute atomic E-state index is 0.437. The number of rotatable bonds is 1. The van der Waals surface area contributed by atoms with Gasteiger partial charge < -0.3 is 0 Å². The molecule has 0 aromatic rings. The summed E-state index contributed by atoms with van der Waals surface area (Å²) in [4.78, 5) is 30.6. The normalized spacial score (nSPS) is 15.8. The first kappa shape index (κ1) is 6.38. The molecule has 5 nitrogen and oxygen atoms in total. The Labute approximate surface area is 55.6 Å². The van der Waals surface area contributed by atoms with Crippen LogP contribution < -0.4 is 0 Å². The van der Waals surface area contributed by atoms with Crippen molar-refractivity contribution in [2.75, 3.05) is 0 Å². The molecule has 1 aliphatic rings. The fraction of sp³-hybridized carbons (Fsp3) is 0. The SMILES string of the molecule is O=C=NN1C(=O)C=CC1=O. The molecule has 0 unspecified atom stereocenters. The van der Waals surface area contributed by atoms with Gasteiger partial charge in [0.15, 0.2) is 0 Å². The number of hydrogen-bond acceptors (Lipinski definition) is 4. The molecule has 1 heterocycles. The minimum atomic E-state index is -0.617. The van der Waals surface area contributed by atoms with Crippen LogP contribution in [0.4, 0.5) is 0 Å². The van der Waals surface area contributed by atoms with Gasteiger partial charge in [-0.2, -0.15) is 0 Å². The van der Waals surface area contributed by atoms with Crippen molar-refractivity contribution in [1.82, 2.24) is 5.01 Å². The topological polar surface area (TPSA) is 66.8 Å². The van der Waals surface area contributed by atoms with Gasteiger partial charge in [-0.1, -0.05) is 5.10 Å². The number of carbonyl (C=O) groups excluding carboxylic acids is 3. The quantitative estimate of drug-likeness (QED) is 0.269. The summed E-state index contributed by atoms with van der Waals surface area (Å²) in [5.74, 6) is -1.23. The first-order chi connectivity index (χ1) is 4.75. The zero-order valence-electron chi connectivity index (χ0n) is 4.77. The lowest BCUT2D eigenvalue weighted by atomic mass is 10.6. The molecule has 1 aliphatic heterocycles. The highest BCUT2D eigenvalue weighted by Crippen LogP contribution is 2.01. The van der Waals surface area contributed by atoms with Gasteiger partial charge in [-0.05, 0) is 0 Å². The highest BCUT2D eigenvalue weighted by Gasteiger charge is 2.22. The molecule has 0 atom stereocenters. The Bertz CT molecular complexity index is 244. The van der Waals surface area contributed by atoms with E-state index in [1.165, 1.54) is 0 Å². The van der Waals surface area contributed by atoms with Crippen molar-refractivity contribution in [1.29, 1.82) is 0 Å². The number of hydrazone groups is 1. The van der Waals surface area contributed by atoms with E-state index in [4.69, 9.17) is 0 Å². The zero-order chi connectivity index (χ0) is 7.56. The standard InChI is InChI=1S/C5H2N2O3/c8-3-6-7-4(9)1-2-5(7)10/h1-2H. The number of isocyanates is 1. The maximum absolute atomic E-state index is 10.5. The number of imide groups is 1. The Morgan fingerprint density at radius 3 is 2.20 bits per heavy atom. The van der Waals surface area contributed by atoms with E-state index in [2.05, 4.69) is 5.10 Å². The summed E-state index contributed by atoms with van der Waals surface area (Å²) in [6, 6.07) is 0. The van der Waals surface area contributed by atoms with Crippen molar-refractivity contribution in [3.05, 3.63) is 12.2 Å². The minimum Gasteiger partial charge on any atom is -0.267 e. The molecular weight excluding hydrogens is 136 g/mol. The van der Waals surface area contributed by atoms with Crippen LogP contribution in [0.25, 0.3) is 0 Å². The molecule has 1 rings (SSSR count). The number of hydrogen-bond donors (Lipinski definition) is 0. The Kier molecular flexibility index (Phi) is 1.43. The first-order valence-corrected chi connectivity index (χ1v) is 2.39. The summed E-state index contributed by atoms with van der Waals surface area (Å²) in [5, 5.41) is 3.29. The maximum Gasteiger partial charge on any atom is 0.275 e. The second-order valence-corrected chi connectivity index (χ2v) is 1.51. The van der Waals surface area contributed by atoms with Crippen LogP contribution in [0.1, 0.15) is 0 Å². The summed E-state index contributed by atoms with van der Waals surface area (Å²) in [6.07, 6.45) is 3.15. The van der Waals surface area contributed by atoms with Gasteiger partial charge in [0.1, 0.15) is 0 Å². The number of carbonyl (C=O) groups is 2. The van der Waals surface area contributed by atoms with Crippen LogP contribution in [0.5, 0.6) is 0 Å². The van der Waals surface area contributed by atoms with Crippen molar-refractivity contribution in [2.24, 2.45) is 5.10 Å². The van der Waals surface area contributed by atoms with Gasteiger partial charge in [0.2, 0.25) is 0 Å². The van der Waals surface area contributed by atoms with Crippen molar-refractivity contribution in [2.45, 2.75) is 0 Å². The fourth-order valence-corrected chi connectivity index (χ4v) is 0.532. The molecule has 0 saturated heterocycles. The molecule has 0 aromatic heterocycles. The predicted octanol–water partition coefficient (Wildman–Crippen LogP) is -0.838. The van der Waals surface area contributed by atoms with Crippen LogP contribution in [0.3, 0.4) is 0 Å². The van der Waals surface area contributed by atoms with Gasteiger partial charge in [0, 0.05) is 12.2 Å². The van der Waals surface area contributed by atoms with E-state index in [9.17, 15) is 14.4 Å². The van der Waals surface area contributed by atoms with E-state index in [1.807, 2.05) is 0 Å². The molecule has 5 heteroatoms. The molecule has 0 radical (unpaired) electrons. The van der Waals surface area contributed by atoms with E-state index in [0.717, 1.165) is 18.2 Å². The monoisotopic (exact) mass is 138 g/mol. The molecule has 10 heavy (non-hydrogen) atoms. The van der Waals surface area contributed by atoms with E-state index in [0.29, 0.717) is 5.01 Å². The van der Waals surface area contributed by atoms with E-state index >= 15 is 0 Å². The summed E-state index contributed by atoms with van der Waals surface area (Å²) in [7, 11) is 0. The van der Waals surface area contributed by atoms with E-state index in [-0.39, 0.29) is 0 Å². The average molecular weight is 138 g/mol. The Hall–Kier alpha value is -1.74. The predicted molar refractivity (Wildman–Crippen MR) is 29.1 cm³/mol. The van der Waals surface area contributed by atoms with Gasteiger partial charge in [-0.15, -0.1) is 5.01 Å². The highest BCUT2D eigenvalue weighted by atomic mass is 16.2. The van der Waals surface area contributed by atoms with Gasteiger partial charge in [0.25, 0.3) is 17.9 Å². The van der Waals surface area contributed by atoms with Crippen molar-refractivity contribution >= 4 is 17.9 Å².